The molecular formula is C14H16Br2N2O2. The number of halogens is 2. The van der Waals surface area contributed by atoms with E-state index in [-0.39, 0.29) is 0 Å². The second-order valence-electron chi connectivity index (χ2n) is 4.56. The summed E-state index contributed by atoms with van der Waals surface area (Å²) >= 11 is 6.91. The minimum Gasteiger partial charge on any atom is -0.383 e. The minimum absolute atomic E-state index is 0.547. The molecule has 1 N–H and O–H groups in total. The van der Waals surface area contributed by atoms with Crippen LogP contribution in [-0.4, -0.2) is 28.6 Å². The summed E-state index contributed by atoms with van der Waals surface area (Å²) < 4.78 is 8.57. The van der Waals surface area contributed by atoms with Crippen LogP contribution in [0.5, 0.6) is 0 Å². The lowest BCUT2D eigenvalue weighted by Crippen LogP contribution is -2.13. The fourth-order valence-electron chi connectivity index (χ4n) is 2.08. The van der Waals surface area contributed by atoms with Crippen molar-refractivity contribution in [1.29, 1.82) is 0 Å². The van der Waals surface area contributed by atoms with Gasteiger partial charge in [-0.15, -0.1) is 0 Å². The summed E-state index contributed by atoms with van der Waals surface area (Å²) in [7, 11) is 1.65. The van der Waals surface area contributed by atoms with Gasteiger partial charge < -0.3 is 9.84 Å². The van der Waals surface area contributed by atoms with E-state index in [1.54, 1.807) is 18.0 Å². The van der Waals surface area contributed by atoms with Crippen molar-refractivity contribution < 1.29 is 9.84 Å². The molecule has 0 radical (unpaired) electrons. The first-order chi connectivity index (χ1) is 9.52. The van der Waals surface area contributed by atoms with Gasteiger partial charge in [0.2, 0.25) is 0 Å². The lowest BCUT2D eigenvalue weighted by molar-refractivity contribution is 0.171. The first-order valence-electron chi connectivity index (χ1n) is 6.18. The summed E-state index contributed by atoms with van der Waals surface area (Å²) in [6.45, 7) is 3.14. The van der Waals surface area contributed by atoms with Gasteiger partial charge in [0.15, 0.2) is 0 Å². The van der Waals surface area contributed by atoms with Crippen LogP contribution in [0, 0.1) is 6.92 Å². The zero-order valence-corrected chi connectivity index (χ0v) is 14.5. The number of benzene rings is 1. The van der Waals surface area contributed by atoms with E-state index in [1.165, 1.54) is 0 Å². The molecule has 108 valence electrons. The van der Waals surface area contributed by atoms with Crippen molar-refractivity contribution in [2.75, 3.05) is 13.7 Å². The molecule has 0 saturated carbocycles. The first-order valence-corrected chi connectivity index (χ1v) is 7.77. The molecule has 6 heteroatoms. The molecule has 4 nitrogen and oxygen atoms in total. The summed E-state index contributed by atoms with van der Waals surface area (Å²) in [6, 6.07) is 5.89. The third-order valence-corrected chi connectivity index (χ3v) is 4.05. The monoisotopic (exact) mass is 402 g/mol. The van der Waals surface area contributed by atoms with Crippen molar-refractivity contribution in [2.24, 2.45) is 0 Å². The van der Waals surface area contributed by atoms with Crippen LogP contribution in [0.3, 0.4) is 0 Å². The van der Waals surface area contributed by atoms with Crippen molar-refractivity contribution in [2.45, 2.75) is 19.6 Å². The van der Waals surface area contributed by atoms with Gasteiger partial charge in [0, 0.05) is 11.6 Å². The third kappa shape index (κ3) is 3.49. The maximum absolute atomic E-state index is 10.6. The maximum atomic E-state index is 10.6. The van der Waals surface area contributed by atoms with Crippen LogP contribution in [0.4, 0.5) is 0 Å². The summed E-state index contributed by atoms with van der Waals surface area (Å²) in [5, 5.41) is 14.9. The number of rotatable bonds is 5. The summed E-state index contributed by atoms with van der Waals surface area (Å²) in [4.78, 5) is 0. The highest BCUT2D eigenvalue weighted by atomic mass is 79.9. The van der Waals surface area contributed by atoms with Crippen LogP contribution < -0.4 is 0 Å². The molecule has 1 atom stereocenters. The fourth-order valence-corrected chi connectivity index (χ4v) is 3.22. The molecule has 0 bridgehead atoms. The van der Waals surface area contributed by atoms with Crippen molar-refractivity contribution in [3.63, 3.8) is 0 Å². The molecule has 0 amide bonds. The van der Waals surface area contributed by atoms with E-state index in [4.69, 9.17) is 4.74 Å². The van der Waals surface area contributed by atoms with Gasteiger partial charge >= 0.3 is 0 Å². The topological polar surface area (TPSA) is 47.3 Å². The van der Waals surface area contributed by atoms with Crippen LogP contribution in [0.15, 0.2) is 33.3 Å². The molecule has 1 aromatic heterocycles. The van der Waals surface area contributed by atoms with Crippen LogP contribution >= 0.6 is 31.9 Å². The Labute approximate surface area is 135 Å². The van der Waals surface area contributed by atoms with Gasteiger partial charge in [-0.3, -0.25) is 4.68 Å². The maximum Gasteiger partial charge on any atom is 0.122 e. The van der Waals surface area contributed by atoms with Crippen LogP contribution in [0.25, 0.3) is 0 Å². The Kier molecular flexibility index (Phi) is 5.37. The predicted octanol–water partition coefficient (Wildman–Crippen LogP) is 3.44. The Bertz CT molecular complexity index is 579. The summed E-state index contributed by atoms with van der Waals surface area (Å²) in [5.41, 5.74) is 2.66. The van der Waals surface area contributed by atoms with E-state index < -0.39 is 6.10 Å². The molecule has 1 unspecified atom stereocenters. The van der Waals surface area contributed by atoms with Gasteiger partial charge in [-0.2, -0.15) is 5.10 Å². The highest BCUT2D eigenvalue weighted by molar-refractivity contribution is 9.10. The number of aliphatic hydroxyl groups excluding tert-OH is 1. The quantitative estimate of drug-likeness (QED) is 0.831. The Morgan fingerprint density at radius 1 is 1.35 bits per heavy atom. The van der Waals surface area contributed by atoms with Gasteiger partial charge in [-0.1, -0.05) is 22.0 Å². The number of hydrogen-bond donors (Lipinski definition) is 1. The molecular weight excluding hydrogens is 388 g/mol. The van der Waals surface area contributed by atoms with Gasteiger partial charge in [-0.05, 0) is 46.1 Å². The molecule has 1 heterocycles. The fraction of sp³-hybridized carbons (Fsp3) is 0.357. The molecule has 0 saturated heterocycles. The van der Waals surface area contributed by atoms with Crippen molar-refractivity contribution >= 4 is 31.9 Å². The average Bonchev–Trinajstić information content (AvgIpc) is 2.75. The molecule has 20 heavy (non-hydrogen) atoms. The summed E-state index contributed by atoms with van der Waals surface area (Å²) in [6.07, 6.45) is 0.957. The van der Waals surface area contributed by atoms with E-state index in [0.29, 0.717) is 13.2 Å². The van der Waals surface area contributed by atoms with Crippen LogP contribution in [0.1, 0.15) is 22.9 Å². The third-order valence-electron chi connectivity index (χ3n) is 2.98. The number of aliphatic hydroxyl groups is 1. The van der Waals surface area contributed by atoms with E-state index in [0.717, 1.165) is 25.8 Å². The van der Waals surface area contributed by atoms with Crippen LogP contribution in [0.2, 0.25) is 0 Å². The Balaban J connectivity index is 2.36. The second kappa shape index (κ2) is 6.85. The lowest BCUT2D eigenvalue weighted by atomic mass is 10.0. The normalized spacial score (nSPS) is 12.7. The zero-order valence-electron chi connectivity index (χ0n) is 11.3. The van der Waals surface area contributed by atoms with Crippen molar-refractivity contribution in [3.05, 3.63) is 50.2 Å². The van der Waals surface area contributed by atoms with Crippen LogP contribution in [-0.2, 0) is 11.3 Å². The molecule has 0 spiro atoms. The minimum atomic E-state index is -0.736. The Hall–Kier alpha value is -0.690. The van der Waals surface area contributed by atoms with E-state index >= 15 is 0 Å². The number of ether oxygens (including phenoxy) is 1. The highest BCUT2D eigenvalue weighted by Gasteiger charge is 2.20. The van der Waals surface area contributed by atoms with Gasteiger partial charge in [0.25, 0.3) is 0 Å². The molecule has 2 rings (SSSR count). The Morgan fingerprint density at radius 2 is 2.10 bits per heavy atom. The predicted molar refractivity (Wildman–Crippen MR) is 84.7 cm³/mol. The van der Waals surface area contributed by atoms with Gasteiger partial charge in [0.05, 0.1) is 29.5 Å². The lowest BCUT2D eigenvalue weighted by Gasteiger charge is -2.15. The highest BCUT2D eigenvalue weighted by Crippen LogP contribution is 2.30. The average molecular weight is 404 g/mol. The first kappa shape index (κ1) is 15.7. The molecule has 2 aromatic rings. The van der Waals surface area contributed by atoms with Gasteiger partial charge in [-0.25, -0.2) is 0 Å². The molecule has 0 fully saturated rings. The molecule has 0 aliphatic heterocycles. The van der Waals surface area contributed by atoms with E-state index in [1.807, 2.05) is 25.1 Å². The number of methoxy groups -OCH3 is 1. The standard InChI is InChI=1S/C14H16Br2N2O2/c1-9-5-10(7-11(15)6-9)14(19)13-12(16)8-17-18(13)3-4-20-2/h5-8,14,19H,3-4H2,1-2H3. The van der Waals surface area contributed by atoms with E-state index in [9.17, 15) is 5.11 Å². The van der Waals surface area contributed by atoms with Crippen molar-refractivity contribution in [3.8, 4) is 0 Å². The van der Waals surface area contributed by atoms with E-state index in [2.05, 4.69) is 37.0 Å². The number of aromatic nitrogens is 2. The molecule has 1 aromatic carbocycles. The smallest absolute Gasteiger partial charge is 0.122 e. The number of hydrogen-bond acceptors (Lipinski definition) is 3. The second-order valence-corrected chi connectivity index (χ2v) is 6.33. The largest absolute Gasteiger partial charge is 0.383 e. The SMILES string of the molecule is COCCn1ncc(Br)c1C(O)c1cc(C)cc(Br)c1. The van der Waals surface area contributed by atoms with Crippen molar-refractivity contribution in [1.82, 2.24) is 9.78 Å². The number of aryl methyl sites for hydroxylation is 1. The zero-order chi connectivity index (χ0) is 14.7. The molecule has 0 aliphatic carbocycles. The molecule has 0 aliphatic rings. The summed E-state index contributed by atoms with van der Waals surface area (Å²) in [5.74, 6) is 0. The van der Waals surface area contributed by atoms with Gasteiger partial charge in [0.1, 0.15) is 6.10 Å². The number of nitrogens with zero attached hydrogens (tertiary/aromatic N) is 2. The Morgan fingerprint density at radius 3 is 2.75 bits per heavy atom.